The molecule has 0 atom stereocenters. The molecule has 0 aromatic heterocycles. The molecule has 0 bridgehead atoms. The van der Waals surface area contributed by atoms with Crippen molar-refractivity contribution in [3.63, 3.8) is 0 Å². The van der Waals surface area contributed by atoms with Crippen molar-refractivity contribution in [3.05, 3.63) is 18.2 Å². The first-order valence-electron chi connectivity index (χ1n) is 6.78. The lowest BCUT2D eigenvalue weighted by atomic mass is 10.2. The fourth-order valence-corrected chi connectivity index (χ4v) is 1.99. The second kappa shape index (κ2) is 8.84. The molecule has 0 unspecified atom stereocenters. The van der Waals surface area contributed by atoms with Gasteiger partial charge in [0.05, 0.1) is 19.9 Å². The quantitative estimate of drug-likeness (QED) is 0.529. The molecule has 21 heavy (non-hydrogen) atoms. The van der Waals surface area contributed by atoms with Crippen LogP contribution in [0.4, 0.5) is 5.69 Å². The van der Waals surface area contributed by atoms with Crippen molar-refractivity contribution >= 4 is 18.1 Å². The minimum atomic E-state index is -0.793. The Morgan fingerprint density at radius 3 is 2.57 bits per heavy atom. The van der Waals surface area contributed by atoms with Gasteiger partial charge in [0, 0.05) is 19.0 Å². The Morgan fingerprint density at radius 1 is 1.24 bits per heavy atom. The number of hydrogen-bond donors (Lipinski definition) is 1. The lowest BCUT2D eigenvalue weighted by Crippen LogP contribution is -2.23. The van der Waals surface area contributed by atoms with Crippen molar-refractivity contribution < 1.29 is 24.2 Å². The number of ether oxygens (including phenoxy) is 2. The Morgan fingerprint density at radius 2 is 2.00 bits per heavy atom. The van der Waals surface area contributed by atoms with Crippen LogP contribution in [0.3, 0.4) is 0 Å². The number of methoxy groups -OCH3 is 2. The minimum Gasteiger partial charge on any atom is -0.497 e. The smallest absolute Gasteiger partial charge is 0.303 e. The van der Waals surface area contributed by atoms with Crippen molar-refractivity contribution in [1.82, 2.24) is 0 Å². The molecule has 6 nitrogen and oxygen atoms in total. The van der Waals surface area contributed by atoms with Gasteiger partial charge in [0.1, 0.15) is 11.5 Å². The van der Waals surface area contributed by atoms with E-state index < -0.39 is 5.97 Å². The molecule has 1 amide bonds. The summed E-state index contributed by atoms with van der Waals surface area (Å²) in [5.74, 6) is 0.425. The van der Waals surface area contributed by atoms with Gasteiger partial charge in [-0.15, -0.1) is 0 Å². The third-order valence-corrected chi connectivity index (χ3v) is 3.11. The van der Waals surface area contributed by atoms with Crippen molar-refractivity contribution in [2.24, 2.45) is 0 Å². The van der Waals surface area contributed by atoms with Crippen LogP contribution in [0.15, 0.2) is 18.2 Å². The van der Waals surface area contributed by atoms with Crippen LogP contribution in [-0.4, -0.2) is 38.3 Å². The molecule has 1 rings (SSSR count). The molecule has 0 radical (unpaired) electrons. The lowest BCUT2D eigenvalue weighted by molar-refractivity contribution is -0.137. The van der Waals surface area contributed by atoms with Crippen molar-refractivity contribution in [2.45, 2.75) is 25.7 Å². The van der Waals surface area contributed by atoms with E-state index in [2.05, 4.69) is 0 Å². The van der Waals surface area contributed by atoms with Gasteiger partial charge < -0.3 is 19.5 Å². The molecular weight excluding hydrogens is 274 g/mol. The molecule has 0 aliphatic rings. The van der Waals surface area contributed by atoms with E-state index >= 15 is 0 Å². The zero-order valence-corrected chi connectivity index (χ0v) is 12.4. The average Bonchev–Trinajstić information content (AvgIpc) is 2.50. The van der Waals surface area contributed by atoms with Gasteiger partial charge in [-0.2, -0.15) is 0 Å². The maximum atomic E-state index is 11.2. The van der Waals surface area contributed by atoms with Gasteiger partial charge in [-0.05, 0) is 25.0 Å². The SMILES string of the molecule is COc1ccc(N(C=O)CCCCCC(=O)O)c(OC)c1. The Bertz CT molecular complexity index is 475. The van der Waals surface area contributed by atoms with E-state index in [-0.39, 0.29) is 6.42 Å². The van der Waals surface area contributed by atoms with Crippen LogP contribution < -0.4 is 14.4 Å². The molecule has 0 fully saturated rings. The fourth-order valence-electron chi connectivity index (χ4n) is 1.99. The van der Waals surface area contributed by atoms with Gasteiger partial charge >= 0.3 is 5.97 Å². The first-order chi connectivity index (χ1) is 10.1. The molecule has 1 aromatic carbocycles. The summed E-state index contributed by atoms with van der Waals surface area (Å²) in [6.45, 7) is 0.520. The first-order valence-corrected chi connectivity index (χ1v) is 6.78. The van der Waals surface area contributed by atoms with E-state index in [4.69, 9.17) is 14.6 Å². The second-order valence-electron chi connectivity index (χ2n) is 4.54. The molecule has 6 heteroatoms. The fraction of sp³-hybridized carbons (Fsp3) is 0.467. The number of amides is 1. The summed E-state index contributed by atoms with van der Waals surface area (Å²) in [4.78, 5) is 23.2. The third-order valence-electron chi connectivity index (χ3n) is 3.11. The van der Waals surface area contributed by atoms with Crippen LogP contribution in [0.25, 0.3) is 0 Å². The van der Waals surface area contributed by atoms with Gasteiger partial charge in [0.2, 0.25) is 6.41 Å². The maximum absolute atomic E-state index is 11.2. The number of carboxylic acids is 1. The summed E-state index contributed by atoms with van der Waals surface area (Å²) < 4.78 is 10.4. The Kier molecular flexibility index (Phi) is 7.08. The number of aliphatic carboxylic acids is 1. The molecule has 0 saturated heterocycles. The predicted molar refractivity (Wildman–Crippen MR) is 79.1 cm³/mol. The van der Waals surface area contributed by atoms with E-state index in [1.807, 2.05) is 0 Å². The highest BCUT2D eigenvalue weighted by atomic mass is 16.5. The monoisotopic (exact) mass is 295 g/mol. The van der Waals surface area contributed by atoms with Gasteiger partial charge in [0.15, 0.2) is 0 Å². The van der Waals surface area contributed by atoms with Crippen LogP contribution in [-0.2, 0) is 9.59 Å². The standard InChI is InChI=1S/C15H21NO5/c1-20-12-7-8-13(14(10-12)21-2)16(11-17)9-5-3-4-6-15(18)19/h7-8,10-11H,3-6,9H2,1-2H3,(H,18,19). The zero-order valence-electron chi connectivity index (χ0n) is 12.4. The molecule has 0 spiro atoms. The Labute approximate surface area is 124 Å². The number of benzene rings is 1. The summed E-state index contributed by atoms with van der Waals surface area (Å²) in [5.41, 5.74) is 0.673. The number of hydrogen-bond acceptors (Lipinski definition) is 4. The van der Waals surface area contributed by atoms with Crippen molar-refractivity contribution in [1.29, 1.82) is 0 Å². The molecule has 0 saturated carbocycles. The first kappa shape index (κ1) is 16.8. The van der Waals surface area contributed by atoms with E-state index in [9.17, 15) is 9.59 Å². The van der Waals surface area contributed by atoms with E-state index in [1.165, 1.54) is 7.11 Å². The number of carbonyl (C=O) groups excluding carboxylic acids is 1. The summed E-state index contributed by atoms with van der Waals surface area (Å²) in [6.07, 6.45) is 3.02. The van der Waals surface area contributed by atoms with Gasteiger partial charge in [0.25, 0.3) is 0 Å². The highest BCUT2D eigenvalue weighted by molar-refractivity contribution is 5.79. The molecule has 0 aliphatic heterocycles. The summed E-state index contributed by atoms with van der Waals surface area (Å²) in [5, 5.41) is 8.57. The van der Waals surface area contributed by atoms with E-state index in [1.54, 1.807) is 30.2 Å². The van der Waals surface area contributed by atoms with Crippen LogP contribution in [0.2, 0.25) is 0 Å². The number of unbranched alkanes of at least 4 members (excludes halogenated alkanes) is 2. The predicted octanol–water partition coefficient (Wildman–Crippen LogP) is 2.31. The molecule has 0 aliphatic carbocycles. The molecule has 1 aromatic rings. The number of nitrogens with zero attached hydrogens (tertiary/aromatic N) is 1. The normalized spacial score (nSPS) is 10.0. The zero-order chi connectivity index (χ0) is 15.7. The minimum absolute atomic E-state index is 0.160. The number of carbonyl (C=O) groups is 2. The van der Waals surface area contributed by atoms with Crippen LogP contribution in [0.1, 0.15) is 25.7 Å². The average molecular weight is 295 g/mol. The Balaban J connectivity index is 2.63. The second-order valence-corrected chi connectivity index (χ2v) is 4.54. The maximum Gasteiger partial charge on any atom is 0.303 e. The lowest BCUT2D eigenvalue weighted by Gasteiger charge is -2.20. The van der Waals surface area contributed by atoms with Gasteiger partial charge in [-0.1, -0.05) is 6.42 Å². The highest BCUT2D eigenvalue weighted by Gasteiger charge is 2.12. The Hall–Kier alpha value is -2.24. The molecule has 116 valence electrons. The van der Waals surface area contributed by atoms with Crippen molar-refractivity contribution in [3.8, 4) is 11.5 Å². The molecular formula is C15H21NO5. The van der Waals surface area contributed by atoms with Crippen LogP contribution in [0.5, 0.6) is 11.5 Å². The van der Waals surface area contributed by atoms with Crippen LogP contribution in [0, 0.1) is 0 Å². The summed E-state index contributed by atoms with van der Waals surface area (Å²) in [7, 11) is 3.10. The molecule has 1 N–H and O–H groups in total. The third kappa shape index (κ3) is 5.33. The van der Waals surface area contributed by atoms with E-state index in [0.717, 1.165) is 19.3 Å². The number of rotatable bonds is 10. The number of carboxylic acid groups (broad SMARTS) is 1. The largest absolute Gasteiger partial charge is 0.497 e. The molecule has 0 heterocycles. The van der Waals surface area contributed by atoms with Gasteiger partial charge in [-0.25, -0.2) is 0 Å². The van der Waals surface area contributed by atoms with Gasteiger partial charge in [-0.3, -0.25) is 9.59 Å². The van der Waals surface area contributed by atoms with E-state index in [0.29, 0.717) is 30.2 Å². The topological polar surface area (TPSA) is 76.1 Å². The van der Waals surface area contributed by atoms with Crippen molar-refractivity contribution in [2.75, 3.05) is 25.7 Å². The highest BCUT2D eigenvalue weighted by Crippen LogP contribution is 2.31. The summed E-state index contributed by atoms with van der Waals surface area (Å²) in [6, 6.07) is 5.25. The number of anilines is 1. The summed E-state index contributed by atoms with van der Waals surface area (Å²) >= 11 is 0. The van der Waals surface area contributed by atoms with Crippen LogP contribution >= 0.6 is 0 Å².